The molecule has 0 saturated carbocycles. The summed E-state index contributed by atoms with van der Waals surface area (Å²) in [6.45, 7) is 0. The van der Waals surface area contributed by atoms with Gasteiger partial charge in [-0.05, 0) is 29.0 Å². The van der Waals surface area contributed by atoms with Gasteiger partial charge in [-0.1, -0.05) is 60.1 Å². The van der Waals surface area contributed by atoms with Crippen molar-refractivity contribution in [3.05, 3.63) is 71.8 Å². The topological polar surface area (TPSA) is 15.8 Å². The standard InChI is InChI=1S/C18H12ClN/c19-16-9-4-10-17-15(16)11-18(20-17)14-8-3-6-12-5-1-2-7-13(12)14/h1-11,20H. The minimum atomic E-state index is 0.783. The highest BCUT2D eigenvalue weighted by Gasteiger charge is 2.08. The van der Waals surface area contributed by atoms with E-state index in [1.165, 1.54) is 16.3 Å². The number of aromatic amines is 1. The summed E-state index contributed by atoms with van der Waals surface area (Å²) < 4.78 is 0. The second-order valence-electron chi connectivity index (χ2n) is 4.91. The minimum Gasteiger partial charge on any atom is -0.354 e. The first-order valence-corrected chi connectivity index (χ1v) is 6.96. The molecule has 1 aromatic heterocycles. The summed E-state index contributed by atoms with van der Waals surface area (Å²) in [6, 6.07) is 22.8. The number of rotatable bonds is 1. The Balaban J connectivity index is 2.04. The molecular formula is C18H12ClN. The van der Waals surface area contributed by atoms with Crippen molar-refractivity contribution >= 4 is 33.3 Å². The maximum absolute atomic E-state index is 6.26. The molecule has 4 rings (SSSR count). The number of nitrogens with one attached hydrogen (secondary N) is 1. The molecule has 0 spiro atoms. The molecule has 1 nitrogen and oxygen atoms in total. The van der Waals surface area contributed by atoms with E-state index in [0.29, 0.717) is 0 Å². The lowest BCUT2D eigenvalue weighted by atomic mass is 10.0. The monoisotopic (exact) mass is 277 g/mol. The second-order valence-corrected chi connectivity index (χ2v) is 5.32. The molecule has 0 fully saturated rings. The Labute approximate surface area is 121 Å². The molecule has 3 aromatic carbocycles. The summed E-state index contributed by atoms with van der Waals surface area (Å²) in [7, 11) is 0. The molecule has 0 aliphatic rings. The fourth-order valence-electron chi connectivity index (χ4n) is 2.72. The Morgan fingerprint density at radius 2 is 1.55 bits per heavy atom. The minimum absolute atomic E-state index is 0.783. The Morgan fingerprint density at radius 1 is 0.750 bits per heavy atom. The van der Waals surface area contributed by atoms with Crippen molar-refractivity contribution < 1.29 is 0 Å². The molecule has 2 heteroatoms. The Bertz CT molecular complexity index is 916. The number of benzene rings is 3. The molecule has 1 heterocycles. The van der Waals surface area contributed by atoms with Gasteiger partial charge in [0.15, 0.2) is 0 Å². The van der Waals surface area contributed by atoms with Gasteiger partial charge in [0.25, 0.3) is 0 Å². The van der Waals surface area contributed by atoms with E-state index in [0.717, 1.165) is 21.6 Å². The van der Waals surface area contributed by atoms with E-state index < -0.39 is 0 Å². The van der Waals surface area contributed by atoms with Crippen molar-refractivity contribution in [2.45, 2.75) is 0 Å². The summed E-state index contributed by atoms with van der Waals surface area (Å²) >= 11 is 6.26. The first-order valence-electron chi connectivity index (χ1n) is 6.58. The first-order chi connectivity index (χ1) is 9.83. The summed E-state index contributed by atoms with van der Waals surface area (Å²) in [6.07, 6.45) is 0. The number of halogens is 1. The van der Waals surface area contributed by atoms with E-state index in [-0.39, 0.29) is 0 Å². The third-order valence-electron chi connectivity index (χ3n) is 3.69. The molecule has 0 bridgehead atoms. The van der Waals surface area contributed by atoms with Crippen LogP contribution in [0.1, 0.15) is 0 Å². The molecular weight excluding hydrogens is 266 g/mol. The van der Waals surface area contributed by atoms with Crippen LogP contribution in [0.15, 0.2) is 66.7 Å². The zero-order valence-electron chi connectivity index (χ0n) is 10.7. The van der Waals surface area contributed by atoms with Gasteiger partial charge in [0.2, 0.25) is 0 Å². The molecule has 0 radical (unpaired) electrons. The average Bonchev–Trinajstić information content (AvgIpc) is 2.92. The summed E-state index contributed by atoms with van der Waals surface area (Å²) in [4.78, 5) is 3.46. The maximum atomic E-state index is 6.26. The van der Waals surface area contributed by atoms with Gasteiger partial charge in [0.05, 0.1) is 0 Å². The van der Waals surface area contributed by atoms with E-state index >= 15 is 0 Å². The smallest absolute Gasteiger partial charge is 0.0500 e. The van der Waals surface area contributed by atoms with Crippen molar-refractivity contribution in [1.29, 1.82) is 0 Å². The van der Waals surface area contributed by atoms with Gasteiger partial charge in [-0.3, -0.25) is 0 Å². The van der Waals surface area contributed by atoms with Crippen molar-refractivity contribution in [2.75, 3.05) is 0 Å². The predicted octanol–water partition coefficient (Wildman–Crippen LogP) is 5.64. The van der Waals surface area contributed by atoms with Gasteiger partial charge < -0.3 is 4.98 Å². The molecule has 96 valence electrons. The van der Waals surface area contributed by atoms with E-state index in [4.69, 9.17) is 11.6 Å². The van der Waals surface area contributed by atoms with Crippen LogP contribution in [0.3, 0.4) is 0 Å². The molecule has 1 N–H and O–H groups in total. The predicted molar refractivity (Wildman–Crippen MR) is 86.3 cm³/mol. The average molecular weight is 278 g/mol. The Hall–Kier alpha value is -2.25. The molecule has 0 saturated heterocycles. The van der Waals surface area contributed by atoms with E-state index in [9.17, 15) is 0 Å². The van der Waals surface area contributed by atoms with E-state index in [1.54, 1.807) is 0 Å². The fourth-order valence-corrected chi connectivity index (χ4v) is 2.95. The van der Waals surface area contributed by atoms with Gasteiger partial charge in [0.1, 0.15) is 0 Å². The molecule has 0 aliphatic heterocycles. The Kier molecular flexibility index (Phi) is 2.54. The number of H-pyrrole nitrogens is 1. The third-order valence-corrected chi connectivity index (χ3v) is 4.02. The molecule has 20 heavy (non-hydrogen) atoms. The van der Waals surface area contributed by atoms with Crippen LogP contribution in [-0.4, -0.2) is 4.98 Å². The maximum Gasteiger partial charge on any atom is 0.0500 e. The van der Waals surface area contributed by atoms with Crippen molar-refractivity contribution in [1.82, 2.24) is 4.98 Å². The SMILES string of the molecule is Clc1cccc2[nH]c(-c3cccc4ccccc34)cc12. The van der Waals surface area contributed by atoms with Crippen LogP contribution in [0, 0.1) is 0 Å². The van der Waals surface area contributed by atoms with Crippen LogP contribution in [0.25, 0.3) is 32.9 Å². The van der Waals surface area contributed by atoms with Gasteiger partial charge in [0, 0.05) is 27.2 Å². The van der Waals surface area contributed by atoms with Gasteiger partial charge in [-0.15, -0.1) is 0 Å². The Morgan fingerprint density at radius 3 is 2.45 bits per heavy atom. The second kappa shape index (κ2) is 4.39. The molecule has 0 atom stereocenters. The summed E-state index contributed by atoms with van der Waals surface area (Å²) in [5.74, 6) is 0. The molecule has 4 aromatic rings. The van der Waals surface area contributed by atoms with Gasteiger partial charge in [-0.2, -0.15) is 0 Å². The number of aromatic nitrogens is 1. The van der Waals surface area contributed by atoms with Crippen molar-refractivity contribution in [2.24, 2.45) is 0 Å². The zero-order valence-corrected chi connectivity index (χ0v) is 11.5. The number of fused-ring (bicyclic) bond motifs is 2. The van der Waals surface area contributed by atoms with Crippen molar-refractivity contribution in [3.8, 4) is 11.3 Å². The summed E-state index contributed by atoms with van der Waals surface area (Å²) in [5, 5.41) is 4.34. The van der Waals surface area contributed by atoms with Crippen LogP contribution >= 0.6 is 11.6 Å². The highest BCUT2D eigenvalue weighted by Crippen LogP contribution is 2.32. The van der Waals surface area contributed by atoms with Gasteiger partial charge >= 0.3 is 0 Å². The van der Waals surface area contributed by atoms with Crippen LogP contribution in [0.5, 0.6) is 0 Å². The number of hydrogen-bond acceptors (Lipinski definition) is 0. The molecule has 0 aliphatic carbocycles. The number of hydrogen-bond donors (Lipinski definition) is 1. The fraction of sp³-hybridized carbons (Fsp3) is 0. The van der Waals surface area contributed by atoms with Crippen molar-refractivity contribution in [3.63, 3.8) is 0 Å². The van der Waals surface area contributed by atoms with Crippen LogP contribution in [0.4, 0.5) is 0 Å². The highest BCUT2D eigenvalue weighted by molar-refractivity contribution is 6.35. The van der Waals surface area contributed by atoms with E-state index in [1.807, 2.05) is 12.1 Å². The largest absolute Gasteiger partial charge is 0.354 e. The first kappa shape index (κ1) is 11.6. The van der Waals surface area contributed by atoms with E-state index in [2.05, 4.69) is 59.6 Å². The lowest BCUT2D eigenvalue weighted by Gasteiger charge is -2.04. The summed E-state index contributed by atoms with van der Waals surface area (Å²) in [5.41, 5.74) is 3.38. The van der Waals surface area contributed by atoms with Crippen LogP contribution in [0.2, 0.25) is 5.02 Å². The molecule has 0 unspecified atom stereocenters. The third kappa shape index (κ3) is 1.71. The van der Waals surface area contributed by atoms with Crippen LogP contribution < -0.4 is 0 Å². The van der Waals surface area contributed by atoms with Crippen LogP contribution in [-0.2, 0) is 0 Å². The van der Waals surface area contributed by atoms with Gasteiger partial charge in [-0.25, -0.2) is 0 Å². The lowest BCUT2D eigenvalue weighted by molar-refractivity contribution is 1.47. The zero-order chi connectivity index (χ0) is 13.5. The molecule has 0 amide bonds. The highest BCUT2D eigenvalue weighted by atomic mass is 35.5. The normalized spacial score (nSPS) is 11.2. The quantitative estimate of drug-likeness (QED) is 0.463. The lowest BCUT2D eigenvalue weighted by Crippen LogP contribution is -1.80.